The van der Waals surface area contributed by atoms with Gasteiger partial charge in [0.1, 0.15) is 17.2 Å². The van der Waals surface area contributed by atoms with Crippen molar-refractivity contribution in [3.8, 4) is 0 Å². The lowest BCUT2D eigenvalue weighted by Crippen LogP contribution is -2.25. The van der Waals surface area contributed by atoms with E-state index in [1.165, 1.54) is 10.9 Å². The summed E-state index contributed by atoms with van der Waals surface area (Å²) < 4.78 is 1.43. The lowest BCUT2D eigenvalue weighted by atomic mass is 10.3. The number of carbonyl (C=O) groups is 1. The molecule has 0 unspecified atom stereocenters. The highest BCUT2D eigenvalue weighted by Crippen LogP contribution is 2.08. The van der Waals surface area contributed by atoms with Crippen LogP contribution in [0.2, 0.25) is 0 Å². The topological polar surface area (TPSA) is 88.5 Å². The molecule has 0 aliphatic carbocycles. The summed E-state index contributed by atoms with van der Waals surface area (Å²) in [6, 6.07) is 0. The van der Waals surface area contributed by atoms with E-state index in [0.29, 0.717) is 17.2 Å². The van der Waals surface area contributed by atoms with Gasteiger partial charge in [-0.25, -0.2) is 5.43 Å². The third-order valence-corrected chi connectivity index (χ3v) is 2.20. The van der Waals surface area contributed by atoms with Gasteiger partial charge in [-0.1, -0.05) is 0 Å². The maximum Gasteiger partial charge on any atom is 0.276 e. The number of hydrazone groups is 1. The molecule has 0 aromatic carbocycles. The Balaban J connectivity index is 2.74. The summed E-state index contributed by atoms with van der Waals surface area (Å²) in [5.41, 5.74) is 8.38. The summed E-state index contributed by atoms with van der Waals surface area (Å²) in [7, 11) is 5.34. The number of anilines is 1. The van der Waals surface area contributed by atoms with Crippen LogP contribution in [0.1, 0.15) is 17.3 Å². The zero-order chi connectivity index (χ0) is 12.3. The van der Waals surface area contributed by atoms with E-state index >= 15 is 0 Å². The molecule has 0 bridgehead atoms. The van der Waals surface area contributed by atoms with Crippen LogP contribution in [0.4, 0.5) is 5.82 Å². The number of nitrogen functional groups attached to an aromatic ring is 1. The van der Waals surface area contributed by atoms with Gasteiger partial charge in [-0.3, -0.25) is 9.48 Å². The molecule has 1 aromatic heterocycles. The van der Waals surface area contributed by atoms with Crippen molar-refractivity contribution in [1.82, 2.24) is 20.1 Å². The van der Waals surface area contributed by atoms with Crippen molar-refractivity contribution < 1.29 is 4.79 Å². The van der Waals surface area contributed by atoms with Crippen LogP contribution in [0.3, 0.4) is 0 Å². The molecule has 1 aromatic rings. The van der Waals surface area contributed by atoms with Crippen molar-refractivity contribution in [2.24, 2.45) is 12.1 Å². The molecule has 7 nitrogen and oxygen atoms in total. The molecule has 16 heavy (non-hydrogen) atoms. The molecule has 88 valence electrons. The first-order valence-electron chi connectivity index (χ1n) is 4.73. The van der Waals surface area contributed by atoms with Crippen molar-refractivity contribution >= 4 is 17.6 Å². The summed E-state index contributed by atoms with van der Waals surface area (Å²) >= 11 is 0. The number of rotatable bonds is 2. The van der Waals surface area contributed by atoms with E-state index in [2.05, 4.69) is 15.6 Å². The SMILES string of the molecule is CC(=NNC(=O)c1cnn(C)c1N)N(C)C. The maximum absolute atomic E-state index is 11.6. The number of nitrogens with two attached hydrogens (primary N) is 1. The van der Waals surface area contributed by atoms with Gasteiger partial charge in [-0.05, 0) is 6.92 Å². The molecular weight excluding hydrogens is 208 g/mol. The average Bonchev–Trinajstić information content (AvgIpc) is 2.55. The number of nitrogens with one attached hydrogen (secondary N) is 1. The Morgan fingerprint density at radius 2 is 2.25 bits per heavy atom. The van der Waals surface area contributed by atoms with E-state index in [-0.39, 0.29) is 5.91 Å². The summed E-state index contributed by atoms with van der Waals surface area (Å²) in [6.07, 6.45) is 1.41. The zero-order valence-corrected chi connectivity index (χ0v) is 9.85. The normalized spacial score (nSPS) is 11.4. The highest BCUT2D eigenvalue weighted by Gasteiger charge is 2.12. The highest BCUT2D eigenvalue weighted by atomic mass is 16.2. The minimum atomic E-state index is -0.369. The molecule has 0 fully saturated rings. The number of carbonyl (C=O) groups excluding carboxylic acids is 1. The number of hydrogen-bond acceptors (Lipinski definition) is 4. The van der Waals surface area contributed by atoms with E-state index in [1.54, 1.807) is 18.9 Å². The lowest BCUT2D eigenvalue weighted by molar-refractivity contribution is 0.0955. The minimum absolute atomic E-state index is 0.315. The summed E-state index contributed by atoms with van der Waals surface area (Å²) in [4.78, 5) is 13.4. The number of aryl methyl sites for hydroxylation is 1. The predicted molar refractivity (Wildman–Crippen MR) is 61.9 cm³/mol. The van der Waals surface area contributed by atoms with Crippen molar-refractivity contribution in [1.29, 1.82) is 0 Å². The number of hydrogen-bond donors (Lipinski definition) is 2. The quantitative estimate of drug-likeness (QED) is 0.407. The van der Waals surface area contributed by atoms with E-state index in [1.807, 2.05) is 14.1 Å². The largest absolute Gasteiger partial charge is 0.383 e. The summed E-state index contributed by atoms with van der Waals surface area (Å²) in [5, 5.41) is 7.77. The van der Waals surface area contributed by atoms with Crippen LogP contribution in [0.5, 0.6) is 0 Å². The fourth-order valence-corrected chi connectivity index (χ4v) is 0.914. The number of aromatic nitrogens is 2. The second-order valence-electron chi connectivity index (χ2n) is 3.56. The molecule has 1 rings (SSSR count). The first-order chi connectivity index (χ1) is 7.43. The Labute approximate surface area is 93.9 Å². The summed E-state index contributed by atoms with van der Waals surface area (Å²) in [6.45, 7) is 1.78. The molecule has 3 N–H and O–H groups in total. The van der Waals surface area contributed by atoms with Gasteiger partial charge in [-0.15, -0.1) is 0 Å². The number of amides is 1. The number of nitrogens with zero attached hydrogens (tertiary/aromatic N) is 4. The Morgan fingerprint density at radius 3 is 2.69 bits per heavy atom. The smallest absolute Gasteiger partial charge is 0.276 e. The van der Waals surface area contributed by atoms with Crippen LogP contribution >= 0.6 is 0 Å². The van der Waals surface area contributed by atoms with E-state index in [9.17, 15) is 4.79 Å². The Hall–Kier alpha value is -2.05. The Morgan fingerprint density at radius 1 is 1.62 bits per heavy atom. The van der Waals surface area contributed by atoms with Gasteiger partial charge in [0, 0.05) is 21.1 Å². The van der Waals surface area contributed by atoms with Crippen molar-refractivity contribution in [2.45, 2.75) is 6.92 Å². The Bertz CT molecular complexity index is 420. The monoisotopic (exact) mass is 224 g/mol. The first-order valence-corrected chi connectivity index (χ1v) is 4.73. The fourth-order valence-electron chi connectivity index (χ4n) is 0.914. The molecule has 1 heterocycles. The van der Waals surface area contributed by atoms with E-state index in [4.69, 9.17) is 5.73 Å². The van der Waals surface area contributed by atoms with Crippen LogP contribution in [0.15, 0.2) is 11.3 Å². The van der Waals surface area contributed by atoms with Gasteiger partial charge in [0.15, 0.2) is 0 Å². The molecule has 0 aliphatic rings. The zero-order valence-electron chi connectivity index (χ0n) is 9.85. The molecule has 0 radical (unpaired) electrons. The molecule has 0 atom stereocenters. The van der Waals surface area contributed by atoms with E-state index < -0.39 is 0 Å². The molecule has 0 spiro atoms. The Kier molecular flexibility index (Phi) is 3.49. The van der Waals surface area contributed by atoms with Gasteiger partial charge in [0.2, 0.25) is 0 Å². The lowest BCUT2D eigenvalue weighted by Gasteiger charge is -2.10. The standard InChI is InChI=1S/C9H16N6O/c1-6(14(2)3)12-13-9(16)7-5-11-15(4)8(7)10/h5H,10H2,1-4H3,(H,13,16). The molecule has 7 heteroatoms. The first kappa shape index (κ1) is 12.0. The van der Waals surface area contributed by atoms with Crippen LogP contribution in [-0.4, -0.2) is 40.5 Å². The van der Waals surface area contributed by atoms with Crippen LogP contribution in [-0.2, 0) is 7.05 Å². The maximum atomic E-state index is 11.6. The van der Waals surface area contributed by atoms with Gasteiger partial charge in [0.05, 0.1) is 6.20 Å². The second-order valence-corrected chi connectivity index (χ2v) is 3.56. The molecule has 0 saturated carbocycles. The van der Waals surface area contributed by atoms with Gasteiger partial charge < -0.3 is 10.6 Å². The van der Waals surface area contributed by atoms with Crippen molar-refractivity contribution in [3.05, 3.63) is 11.8 Å². The number of amidine groups is 1. The minimum Gasteiger partial charge on any atom is -0.383 e. The average molecular weight is 224 g/mol. The van der Waals surface area contributed by atoms with Crippen molar-refractivity contribution in [3.63, 3.8) is 0 Å². The molecule has 0 saturated heterocycles. The van der Waals surface area contributed by atoms with Crippen molar-refractivity contribution in [2.75, 3.05) is 19.8 Å². The molecule has 0 aliphatic heterocycles. The van der Waals surface area contributed by atoms with Gasteiger partial charge in [0.25, 0.3) is 5.91 Å². The van der Waals surface area contributed by atoms with Crippen LogP contribution in [0.25, 0.3) is 0 Å². The second kappa shape index (κ2) is 4.65. The van der Waals surface area contributed by atoms with Crippen LogP contribution in [0, 0.1) is 0 Å². The van der Waals surface area contributed by atoms with E-state index in [0.717, 1.165) is 0 Å². The third kappa shape index (κ3) is 2.50. The highest BCUT2D eigenvalue weighted by molar-refractivity contribution is 5.98. The van der Waals surface area contributed by atoms with Crippen LogP contribution < -0.4 is 11.2 Å². The predicted octanol–water partition coefficient (Wildman–Crippen LogP) is -0.373. The molecule has 1 amide bonds. The fraction of sp³-hybridized carbons (Fsp3) is 0.444. The van der Waals surface area contributed by atoms with Gasteiger partial charge in [-0.2, -0.15) is 10.2 Å². The summed E-state index contributed by atoms with van der Waals surface area (Å²) in [5.74, 6) is 0.637. The third-order valence-electron chi connectivity index (χ3n) is 2.20. The van der Waals surface area contributed by atoms with Gasteiger partial charge >= 0.3 is 0 Å². The molecular formula is C9H16N6O.